The number of hydrogen-bond acceptors (Lipinski definition) is 5. The number of carboxylic acids is 1. The Morgan fingerprint density at radius 1 is 0.969 bits per heavy atom. The number of benzene rings is 2. The highest BCUT2D eigenvalue weighted by Crippen LogP contribution is 2.30. The summed E-state index contributed by atoms with van der Waals surface area (Å²) in [4.78, 5) is 11.9. The van der Waals surface area contributed by atoms with Gasteiger partial charge in [-0.25, -0.2) is 4.79 Å². The predicted octanol–water partition coefficient (Wildman–Crippen LogP) is 7.34. The standard InChI is InChI=1S/C26H34N2O4/c1-32-18-21-17-22(12-14-25(21)29)27-28-24-13-11-20(16-23(24)26(30)31)15-19-9-7-5-3-2-4-6-8-10-19/h11-14,16-17,19,29H,2-10,15,18H2,1H3,(H,30,31)/b28-27+. The SMILES string of the molecule is COCc1cc(/N=N/c2ccc(CC3CCCCCCCCC3)cc2C(=O)O)ccc1O. The molecule has 32 heavy (non-hydrogen) atoms. The molecule has 1 aliphatic carbocycles. The van der Waals surface area contributed by atoms with Gasteiger partial charge in [-0.2, -0.15) is 5.11 Å². The Morgan fingerprint density at radius 3 is 2.31 bits per heavy atom. The van der Waals surface area contributed by atoms with E-state index in [-0.39, 0.29) is 17.9 Å². The minimum Gasteiger partial charge on any atom is -0.508 e. The number of phenols is 1. The Hall–Kier alpha value is -2.73. The number of rotatable bonds is 7. The van der Waals surface area contributed by atoms with Crippen molar-refractivity contribution in [3.05, 3.63) is 53.1 Å². The third-order valence-corrected chi connectivity index (χ3v) is 6.18. The van der Waals surface area contributed by atoms with Gasteiger partial charge in [0.1, 0.15) is 11.4 Å². The number of methoxy groups -OCH3 is 1. The van der Waals surface area contributed by atoms with E-state index in [1.165, 1.54) is 63.9 Å². The van der Waals surface area contributed by atoms with Crippen LogP contribution in [0.5, 0.6) is 5.75 Å². The first-order valence-electron chi connectivity index (χ1n) is 11.7. The van der Waals surface area contributed by atoms with Crippen LogP contribution in [0.3, 0.4) is 0 Å². The quantitative estimate of drug-likeness (QED) is 0.442. The van der Waals surface area contributed by atoms with Gasteiger partial charge in [-0.1, -0.05) is 63.9 Å². The molecule has 0 aromatic heterocycles. The molecule has 3 rings (SSSR count). The van der Waals surface area contributed by atoms with E-state index in [1.807, 2.05) is 6.07 Å². The van der Waals surface area contributed by atoms with Crippen LogP contribution >= 0.6 is 0 Å². The van der Waals surface area contributed by atoms with Crippen molar-refractivity contribution < 1.29 is 19.7 Å². The van der Waals surface area contributed by atoms with Gasteiger partial charge in [0.15, 0.2) is 0 Å². The molecule has 0 radical (unpaired) electrons. The highest BCUT2D eigenvalue weighted by Gasteiger charge is 2.15. The van der Waals surface area contributed by atoms with E-state index in [1.54, 1.807) is 31.4 Å². The zero-order valence-corrected chi connectivity index (χ0v) is 18.9. The number of hydrogen-bond donors (Lipinski definition) is 2. The molecule has 0 heterocycles. The van der Waals surface area contributed by atoms with E-state index in [4.69, 9.17) is 4.74 Å². The summed E-state index contributed by atoms with van der Waals surface area (Å²) in [5.41, 5.74) is 2.67. The number of azo groups is 1. The summed E-state index contributed by atoms with van der Waals surface area (Å²) in [6.45, 7) is 0.255. The zero-order chi connectivity index (χ0) is 22.8. The summed E-state index contributed by atoms with van der Waals surface area (Å²) in [6.07, 6.45) is 12.5. The second-order valence-corrected chi connectivity index (χ2v) is 8.73. The average Bonchev–Trinajstić information content (AvgIpc) is 2.79. The van der Waals surface area contributed by atoms with Gasteiger partial charge in [0, 0.05) is 12.7 Å². The average molecular weight is 439 g/mol. The van der Waals surface area contributed by atoms with Crippen LogP contribution in [-0.2, 0) is 17.8 Å². The summed E-state index contributed by atoms with van der Waals surface area (Å²) in [5, 5.41) is 28.0. The van der Waals surface area contributed by atoms with Crippen LogP contribution in [0, 0.1) is 5.92 Å². The van der Waals surface area contributed by atoms with Gasteiger partial charge < -0.3 is 14.9 Å². The minimum absolute atomic E-state index is 0.127. The zero-order valence-electron chi connectivity index (χ0n) is 18.9. The van der Waals surface area contributed by atoms with Crippen molar-refractivity contribution in [2.75, 3.05) is 7.11 Å². The molecule has 0 bridgehead atoms. The fourth-order valence-electron chi connectivity index (χ4n) is 4.42. The minimum atomic E-state index is -1.00. The van der Waals surface area contributed by atoms with E-state index in [0.717, 1.165) is 12.0 Å². The smallest absolute Gasteiger partial charge is 0.337 e. The monoisotopic (exact) mass is 438 g/mol. The second-order valence-electron chi connectivity index (χ2n) is 8.73. The largest absolute Gasteiger partial charge is 0.508 e. The van der Waals surface area contributed by atoms with Crippen LogP contribution in [0.15, 0.2) is 46.6 Å². The van der Waals surface area contributed by atoms with E-state index in [0.29, 0.717) is 22.9 Å². The van der Waals surface area contributed by atoms with Gasteiger partial charge in [0.25, 0.3) is 0 Å². The molecular formula is C26H34N2O4. The van der Waals surface area contributed by atoms with Crippen molar-refractivity contribution in [2.24, 2.45) is 16.1 Å². The van der Waals surface area contributed by atoms with Gasteiger partial charge in [-0.3, -0.25) is 0 Å². The van der Waals surface area contributed by atoms with Crippen LogP contribution in [0.25, 0.3) is 0 Å². The Morgan fingerprint density at radius 2 is 1.66 bits per heavy atom. The molecule has 2 N–H and O–H groups in total. The molecule has 0 saturated heterocycles. The second kappa shape index (κ2) is 12.3. The fraction of sp³-hybridized carbons (Fsp3) is 0.500. The number of ether oxygens (including phenoxy) is 1. The Labute approximate surface area is 190 Å². The van der Waals surface area contributed by atoms with Crippen molar-refractivity contribution >= 4 is 17.3 Å². The summed E-state index contributed by atoms with van der Waals surface area (Å²) in [5.74, 6) is -0.266. The van der Waals surface area contributed by atoms with E-state index >= 15 is 0 Å². The van der Waals surface area contributed by atoms with Gasteiger partial charge >= 0.3 is 5.97 Å². The lowest BCUT2D eigenvalue weighted by Gasteiger charge is -2.19. The van der Waals surface area contributed by atoms with Gasteiger partial charge in [-0.05, 0) is 48.2 Å². The molecule has 6 heteroatoms. The van der Waals surface area contributed by atoms with Crippen molar-refractivity contribution in [3.63, 3.8) is 0 Å². The number of carboxylic acid groups (broad SMARTS) is 1. The Bertz CT molecular complexity index is 916. The molecule has 0 spiro atoms. The van der Waals surface area contributed by atoms with Gasteiger partial charge in [0.05, 0.1) is 17.9 Å². The topological polar surface area (TPSA) is 91.5 Å². The molecule has 0 atom stereocenters. The third kappa shape index (κ3) is 7.16. The molecule has 2 aromatic rings. The van der Waals surface area contributed by atoms with Crippen molar-refractivity contribution in [3.8, 4) is 5.75 Å². The lowest BCUT2D eigenvalue weighted by molar-refractivity contribution is 0.0697. The van der Waals surface area contributed by atoms with Crippen molar-refractivity contribution in [2.45, 2.75) is 70.8 Å². The lowest BCUT2D eigenvalue weighted by Crippen LogP contribution is -2.07. The molecule has 0 amide bonds. The third-order valence-electron chi connectivity index (χ3n) is 6.18. The van der Waals surface area contributed by atoms with E-state index < -0.39 is 5.97 Å². The van der Waals surface area contributed by atoms with Crippen LogP contribution < -0.4 is 0 Å². The molecule has 0 aliphatic heterocycles. The van der Waals surface area contributed by atoms with Crippen LogP contribution in [0.2, 0.25) is 0 Å². The molecule has 1 saturated carbocycles. The molecule has 6 nitrogen and oxygen atoms in total. The fourth-order valence-corrected chi connectivity index (χ4v) is 4.42. The first-order valence-corrected chi connectivity index (χ1v) is 11.7. The maximum Gasteiger partial charge on any atom is 0.337 e. The number of aromatic hydroxyl groups is 1. The van der Waals surface area contributed by atoms with Crippen LogP contribution in [-0.4, -0.2) is 23.3 Å². The maximum absolute atomic E-state index is 11.9. The highest BCUT2D eigenvalue weighted by molar-refractivity contribution is 5.93. The van der Waals surface area contributed by atoms with Crippen LogP contribution in [0.4, 0.5) is 11.4 Å². The Balaban J connectivity index is 1.74. The number of aromatic carboxylic acids is 1. The predicted molar refractivity (Wildman–Crippen MR) is 125 cm³/mol. The molecule has 0 unspecified atom stereocenters. The molecular weight excluding hydrogens is 404 g/mol. The Kier molecular flexibility index (Phi) is 9.23. The van der Waals surface area contributed by atoms with Crippen molar-refractivity contribution in [1.29, 1.82) is 0 Å². The molecule has 1 fully saturated rings. The molecule has 172 valence electrons. The van der Waals surface area contributed by atoms with E-state index in [9.17, 15) is 15.0 Å². The first-order chi connectivity index (χ1) is 15.6. The number of nitrogens with zero attached hydrogens (tertiary/aromatic N) is 2. The maximum atomic E-state index is 11.9. The highest BCUT2D eigenvalue weighted by atomic mass is 16.5. The van der Waals surface area contributed by atoms with Crippen LogP contribution in [0.1, 0.15) is 79.3 Å². The van der Waals surface area contributed by atoms with Gasteiger partial charge in [-0.15, -0.1) is 5.11 Å². The summed E-state index contributed by atoms with van der Waals surface area (Å²) in [6, 6.07) is 10.3. The summed E-state index contributed by atoms with van der Waals surface area (Å²) >= 11 is 0. The van der Waals surface area contributed by atoms with Crippen molar-refractivity contribution in [1.82, 2.24) is 0 Å². The first kappa shape index (κ1) is 23.9. The summed E-state index contributed by atoms with van der Waals surface area (Å²) in [7, 11) is 1.55. The summed E-state index contributed by atoms with van der Waals surface area (Å²) < 4.78 is 5.07. The lowest BCUT2D eigenvalue weighted by atomic mass is 9.87. The number of carbonyl (C=O) groups is 1. The molecule has 2 aromatic carbocycles. The molecule has 1 aliphatic rings. The normalized spacial score (nSPS) is 16.3. The van der Waals surface area contributed by atoms with Gasteiger partial charge in [0.2, 0.25) is 0 Å². The number of phenolic OH excluding ortho intramolecular Hbond substituents is 1. The van der Waals surface area contributed by atoms with E-state index in [2.05, 4.69) is 10.2 Å².